The van der Waals surface area contributed by atoms with Gasteiger partial charge in [0.05, 0.1) is 11.0 Å². The summed E-state index contributed by atoms with van der Waals surface area (Å²) in [6.45, 7) is 4.69. The molecule has 1 aliphatic carbocycles. The van der Waals surface area contributed by atoms with Gasteiger partial charge in [0.1, 0.15) is 0 Å². The van der Waals surface area contributed by atoms with E-state index in [9.17, 15) is 0 Å². The Morgan fingerprint density at radius 3 is 1.50 bits per heavy atom. The zero-order valence-corrected chi connectivity index (χ0v) is 34.4. The molecule has 1 aliphatic rings. The maximum atomic E-state index is 5.45. The molecule has 4 nitrogen and oxygen atoms in total. The van der Waals surface area contributed by atoms with Gasteiger partial charge >= 0.3 is 0 Å². The van der Waals surface area contributed by atoms with Crippen LogP contribution in [0.15, 0.2) is 206 Å². The van der Waals surface area contributed by atoms with Crippen molar-refractivity contribution < 1.29 is 0 Å². The molecule has 0 amide bonds. The molecule has 0 bridgehead atoms. The maximum Gasteiger partial charge on any atom is 0.238 e. The van der Waals surface area contributed by atoms with Gasteiger partial charge in [-0.15, -0.1) is 0 Å². The van der Waals surface area contributed by atoms with E-state index < -0.39 is 0 Å². The minimum Gasteiger partial charge on any atom is -0.277 e. The molecule has 9 aromatic carbocycles. The molecule has 0 radical (unpaired) electrons. The number of rotatable bonds is 6. The number of hydrogen-bond donors (Lipinski definition) is 0. The van der Waals surface area contributed by atoms with Crippen molar-refractivity contribution in [3.8, 4) is 73.2 Å². The van der Waals surface area contributed by atoms with Crippen molar-refractivity contribution in [3.63, 3.8) is 0 Å². The van der Waals surface area contributed by atoms with Crippen LogP contribution in [-0.4, -0.2) is 19.5 Å². The summed E-state index contributed by atoms with van der Waals surface area (Å²) >= 11 is 0. The Morgan fingerprint density at radius 2 is 0.823 bits per heavy atom. The first-order valence-corrected chi connectivity index (χ1v) is 21.3. The summed E-state index contributed by atoms with van der Waals surface area (Å²) in [5.41, 5.74) is 16.0. The molecular weight excluding hydrogens is 753 g/mol. The Balaban J connectivity index is 1.15. The van der Waals surface area contributed by atoms with Gasteiger partial charge in [0.25, 0.3) is 0 Å². The first-order chi connectivity index (χ1) is 30.5. The summed E-state index contributed by atoms with van der Waals surface area (Å²) in [7, 11) is 0. The van der Waals surface area contributed by atoms with Crippen LogP contribution in [0.25, 0.3) is 106 Å². The van der Waals surface area contributed by atoms with Gasteiger partial charge in [-0.2, -0.15) is 9.97 Å². The third-order valence-corrected chi connectivity index (χ3v) is 12.9. The average Bonchev–Trinajstić information content (AvgIpc) is 3.81. The minimum absolute atomic E-state index is 0.136. The van der Waals surface area contributed by atoms with Gasteiger partial charge in [-0.3, -0.25) is 4.57 Å². The number of nitrogens with zero attached hydrogens (tertiary/aromatic N) is 4. The van der Waals surface area contributed by atoms with Gasteiger partial charge in [-0.05, 0) is 55.5 Å². The van der Waals surface area contributed by atoms with Crippen molar-refractivity contribution in [1.82, 2.24) is 19.5 Å². The molecule has 292 valence electrons. The van der Waals surface area contributed by atoms with Gasteiger partial charge in [0.15, 0.2) is 11.6 Å². The second-order valence-corrected chi connectivity index (χ2v) is 16.8. The predicted octanol–water partition coefficient (Wildman–Crippen LogP) is 14.8. The molecular formula is C58H40N4. The molecule has 0 aliphatic heterocycles. The quantitative estimate of drug-likeness (QED) is 0.168. The molecule has 0 atom stereocenters. The molecule has 0 saturated heterocycles. The van der Waals surface area contributed by atoms with Gasteiger partial charge < -0.3 is 0 Å². The van der Waals surface area contributed by atoms with Crippen LogP contribution < -0.4 is 0 Å². The van der Waals surface area contributed by atoms with E-state index in [1.807, 2.05) is 12.1 Å². The standard InChI is InChI=1S/C58H40N4/c1-58(2)50-25-12-11-21-49(50)52-45(22-14-26-51(52)58)46-23-13-24-47-48-36-35-41-19-9-10-20-44(41)53(48)62(54(46)47)57-60-55(42-31-27-39(28-32-42)37-15-5-3-6-16-37)59-56(61-57)43-33-29-40(30-34-43)38-17-7-4-8-18-38/h3-36H,1-2H3. The summed E-state index contributed by atoms with van der Waals surface area (Å²) in [6.07, 6.45) is 0. The van der Waals surface area contributed by atoms with Crippen LogP contribution in [0.5, 0.6) is 0 Å². The SMILES string of the molecule is CC1(C)c2ccccc2-c2c(-c3cccc4c5ccc6ccccc6c5n(-c5nc(-c6ccc(-c7ccccc7)cc6)nc(-c6ccc(-c7ccccc7)cc6)n5)c34)cccc21. The van der Waals surface area contributed by atoms with E-state index >= 15 is 0 Å². The molecule has 0 N–H and O–H groups in total. The zero-order chi connectivity index (χ0) is 41.4. The highest BCUT2D eigenvalue weighted by Crippen LogP contribution is 2.53. The highest BCUT2D eigenvalue weighted by Gasteiger charge is 2.37. The monoisotopic (exact) mass is 792 g/mol. The van der Waals surface area contributed by atoms with Crippen LogP contribution in [0.3, 0.4) is 0 Å². The molecule has 0 spiro atoms. The van der Waals surface area contributed by atoms with Crippen molar-refractivity contribution in [3.05, 3.63) is 217 Å². The maximum absolute atomic E-state index is 5.45. The van der Waals surface area contributed by atoms with Gasteiger partial charge in [0, 0.05) is 38.3 Å². The van der Waals surface area contributed by atoms with Crippen molar-refractivity contribution in [2.45, 2.75) is 19.3 Å². The van der Waals surface area contributed by atoms with E-state index in [1.54, 1.807) is 0 Å². The lowest BCUT2D eigenvalue weighted by Gasteiger charge is -2.21. The Labute approximate surface area is 360 Å². The Hall–Kier alpha value is -7.95. The van der Waals surface area contributed by atoms with Crippen LogP contribution in [0.1, 0.15) is 25.0 Å². The van der Waals surface area contributed by atoms with Crippen molar-refractivity contribution in [1.29, 1.82) is 0 Å². The number of aromatic nitrogens is 4. The second kappa shape index (κ2) is 14.1. The van der Waals surface area contributed by atoms with E-state index in [1.165, 1.54) is 27.8 Å². The summed E-state index contributed by atoms with van der Waals surface area (Å²) in [4.78, 5) is 16.2. The van der Waals surface area contributed by atoms with Gasteiger partial charge in [-0.1, -0.05) is 220 Å². The number of para-hydroxylation sites is 1. The Bertz CT molecular complexity index is 3410. The molecule has 2 heterocycles. The normalized spacial score (nSPS) is 12.8. The van der Waals surface area contributed by atoms with Gasteiger partial charge in [0.2, 0.25) is 5.95 Å². The number of hydrogen-bond acceptors (Lipinski definition) is 3. The molecule has 2 aromatic heterocycles. The smallest absolute Gasteiger partial charge is 0.238 e. The third-order valence-electron chi connectivity index (χ3n) is 12.9. The molecule has 62 heavy (non-hydrogen) atoms. The molecule has 0 fully saturated rings. The van der Waals surface area contributed by atoms with E-state index in [0.29, 0.717) is 17.6 Å². The van der Waals surface area contributed by atoms with Crippen LogP contribution in [0, 0.1) is 0 Å². The van der Waals surface area contributed by atoms with E-state index in [2.05, 4.69) is 213 Å². The number of fused-ring (bicyclic) bond motifs is 8. The highest BCUT2D eigenvalue weighted by atomic mass is 15.2. The van der Waals surface area contributed by atoms with Crippen molar-refractivity contribution >= 4 is 32.6 Å². The van der Waals surface area contributed by atoms with Crippen LogP contribution in [0.4, 0.5) is 0 Å². The zero-order valence-electron chi connectivity index (χ0n) is 34.4. The second-order valence-electron chi connectivity index (χ2n) is 16.8. The van der Waals surface area contributed by atoms with E-state index in [0.717, 1.165) is 71.5 Å². The molecule has 12 rings (SSSR count). The largest absolute Gasteiger partial charge is 0.277 e. The first-order valence-electron chi connectivity index (χ1n) is 21.3. The van der Waals surface area contributed by atoms with Crippen LogP contribution in [0.2, 0.25) is 0 Å². The minimum atomic E-state index is -0.136. The molecule has 0 saturated carbocycles. The summed E-state index contributed by atoms with van der Waals surface area (Å²) in [5.74, 6) is 1.79. The lowest BCUT2D eigenvalue weighted by atomic mass is 9.82. The lowest BCUT2D eigenvalue weighted by Crippen LogP contribution is -2.14. The third kappa shape index (κ3) is 5.64. The predicted molar refractivity (Wildman–Crippen MR) is 256 cm³/mol. The van der Waals surface area contributed by atoms with E-state index in [-0.39, 0.29) is 5.41 Å². The first kappa shape index (κ1) is 35.9. The Morgan fingerprint density at radius 1 is 0.339 bits per heavy atom. The fourth-order valence-corrected chi connectivity index (χ4v) is 9.83. The van der Waals surface area contributed by atoms with E-state index in [4.69, 9.17) is 15.0 Å². The van der Waals surface area contributed by atoms with Crippen molar-refractivity contribution in [2.24, 2.45) is 0 Å². The van der Waals surface area contributed by atoms with Crippen LogP contribution in [-0.2, 0) is 5.41 Å². The summed E-state index contributed by atoms with van der Waals surface area (Å²) < 4.78 is 2.32. The summed E-state index contributed by atoms with van der Waals surface area (Å²) in [6, 6.07) is 73.7. The van der Waals surface area contributed by atoms with Gasteiger partial charge in [-0.25, -0.2) is 4.98 Å². The average molecular weight is 793 g/mol. The fraction of sp³-hybridized carbons (Fsp3) is 0.0517. The molecule has 11 aromatic rings. The number of benzene rings is 9. The fourth-order valence-electron chi connectivity index (χ4n) is 9.83. The summed E-state index contributed by atoms with van der Waals surface area (Å²) in [5, 5.41) is 4.59. The Kier molecular flexibility index (Phi) is 8.16. The molecule has 0 unspecified atom stereocenters. The lowest BCUT2D eigenvalue weighted by molar-refractivity contribution is 0.660. The molecule has 4 heteroatoms. The van der Waals surface area contributed by atoms with Crippen LogP contribution >= 0.6 is 0 Å². The highest BCUT2D eigenvalue weighted by molar-refractivity contribution is 6.21. The topological polar surface area (TPSA) is 43.6 Å². The van der Waals surface area contributed by atoms with Crippen molar-refractivity contribution in [2.75, 3.05) is 0 Å².